The molecule has 3 aromatic rings. The van der Waals surface area contributed by atoms with E-state index >= 15 is 0 Å². The first-order chi connectivity index (χ1) is 10.7. The van der Waals surface area contributed by atoms with Gasteiger partial charge in [0.15, 0.2) is 5.58 Å². The molecule has 0 N–H and O–H groups in total. The molecule has 0 saturated carbocycles. The number of benzene rings is 2. The maximum Gasteiger partial charge on any atom is 0.264 e. The van der Waals surface area contributed by atoms with Crippen LogP contribution >= 0.6 is 11.8 Å². The van der Waals surface area contributed by atoms with E-state index in [1.807, 2.05) is 24.3 Å². The van der Waals surface area contributed by atoms with Crippen molar-refractivity contribution in [3.63, 3.8) is 0 Å². The van der Waals surface area contributed by atoms with E-state index in [0.717, 1.165) is 17.3 Å². The summed E-state index contributed by atoms with van der Waals surface area (Å²) in [5.41, 5.74) is 1.84. The van der Waals surface area contributed by atoms with E-state index in [2.05, 4.69) is 4.98 Å². The van der Waals surface area contributed by atoms with Gasteiger partial charge < -0.3 is 13.9 Å². The molecule has 22 heavy (non-hydrogen) atoms. The quantitative estimate of drug-likeness (QED) is 0.683. The summed E-state index contributed by atoms with van der Waals surface area (Å²) in [4.78, 5) is 16.7. The van der Waals surface area contributed by atoms with E-state index in [1.54, 1.807) is 18.2 Å². The predicted molar refractivity (Wildman–Crippen MR) is 83.7 cm³/mol. The van der Waals surface area contributed by atoms with Gasteiger partial charge in [-0.3, -0.25) is 4.79 Å². The minimum Gasteiger partial charge on any atom is -0.497 e. The average Bonchev–Trinajstić information content (AvgIpc) is 2.96. The van der Waals surface area contributed by atoms with E-state index in [-0.39, 0.29) is 5.12 Å². The Morgan fingerprint density at radius 3 is 2.41 bits per heavy atom. The number of aromatic nitrogens is 1. The molecule has 0 amide bonds. The van der Waals surface area contributed by atoms with E-state index in [0.29, 0.717) is 27.9 Å². The van der Waals surface area contributed by atoms with Crippen molar-refractivity contribution < 1.29 is 18.7 Å². The minimum atomic E-state index is -0.191. The van der Waals surface area contributed by atoms with Crippen LogP contribution in [0.25, 0.3) is 11.1 Å². The summed E-state index contributed by atoms with van der Waals surface area (Å²) in [5.74, 6) is 1.11. The molecule has 0 spiro atoms. The second kappa shape index (κ2) is 6.11. The lowest BCUT2D eigenvalue weighted by molar-refractivity contribution is 0.108. The second-order valence-electron chi connectivity index (χ2n) is 4.44. The van der Waals surface area contributed by atoms with Gasteiger partial charge in [-0.05, 0) is 24.3 Å². The highest BCUT2D eigenvalue weighted by atomic mass is 32.2. The molecule has 0 saturated heterocycles. The number of hydrogen-bond acceptors (Lipinski definition) is 6. The van der Waals surface area contributed by atoms with Crippen LogP contribution in [0.5, 0.6) is 11.5 Å². The van der Waals surface area contributed by atoms with E-state index < -0.39 is 0 Å². The van der Waals surface area contributed by atoms with Crippen LogP contribution in [0.1, 0.15) is 10.4 Å². The smallest absolute Gasteiger partial charge is 0.264 e. The number of nitrogens with zero attached hydrogens (tertiary/aromatic N) is 1. The monoisotopic (exact) mass is 315 g/mol. The molecule has 5 nitrogen and oxygen atoms in total. The summed E-state index contributed by atoms with van der Waals surface area (Å²) in [7, 11) is 3.08. The first kappa shape index (κ1) is 14.5. The predicted octanol–water partition coefficient (Wildman–Crippen LogP) is 3.78. The van der Waals surface area contributed by atoms with E-state index in [1.165, 1.54) is 14.2 Å². The van der Waals surface area contributed by atoms with Crippen molar-refractivity contribution in [2.45, 2.75) is 5.22 Å². The number of para-hydroxylation sites is 2. The van der Waals surface area contributed by atoms with Crippen LogP contribution < -0.4 is 9.47 Å². The molecule has 0 bridgehead atoms. The van der Waals surface area contributed by atoms with Crippen LogP contribution in [0.4, 0.5) is 0 Å². The molecule has 2 aromatic carbocycles. The number of carbonyl (C=O) groups is 1. The number of carbonyl (C=O) groups excluding carboxylic acids is 1. The van der Waals surface area contributed by atoms with Crippen LogP contribution in [0.2, 0.25) is 0 Å². The zero-order valence-corrected chi connectivity index (χ0v) is 12.8. The van der Waals surface area contributed by atoms with Gasteiger partial charge in [0.25, 0.3) is 5.22 Å². The van der Waals surface area contributed by atoms with Crippen molar-refractivity contribution in [3.8, 4) is 11.5 Å². The number of rotatable bonds is 4. The summed E-state index contributed by atoms with van der Waals surface area (Å²) in [5, 5.41) is 0.122. The molecule has 1 heterocycles. The third-order valence-electron chi connectivity index (χ3n) is 3.04. The highest BCUT2D eigenvalue weighted by molar-refractivity contribution is 8.14. The summed E-state index contributed by atoms with van der Waals surface area (Å²) < 4.78 is 15.9. The lowest BCUT2D eigenvalue weighted by Crippen LogP contribution is -1.96. The Balaban J connectivity index is 1.87. The first-order valence-corrected chi connectivity index (χ1v) is 7.32. The van der Waals surface area contributed by atoms with Crippen LogP contribution in [-0.4, -0.2) is 24.3 Å². The number of hydrogen-bond donors (Lipinski definition) is 0. The van der Waals surface area contributed by atoms with Crippen molar-refractivity contribution in [2.24, 2.45) is 0 Å². The molecule has 0 aliphatic heterocycles. The molecule has 0 atom stereocenters. The van der Waals surface area contributed by atoms with E-state index in [9.17, 15) is 4.79 Å². The Bertz CT molecular complexity index is 773. The Morgan fingerprint density at radius 1 is 1.09 bits per heavy atom. The largest absolute Gasteiger partial charge is 0.497 e. The molecule has 0 aliphatic rings. The minimum absolute atomic E-state index is 0.191. The zero-order chi connectivity index (χ0) is 15.5. The van der Waals surface area contributed by atoms with Gasteiger partial charge in [-0.1, -0.05) is 12.1 Å². The zero-order valence-electron chi connectivity index (χ0n) is 12.0. The van der Waals surface area contributed by atoms with Crippen LogP contribution in [0, 0.1) is 0 Å². The normalized spacial score (nSPS) is 10.6. The average molecular weight is 315 g/mol. The van der Waals surface area contributed by atoms with Gasteiger partial charge in [-0.15, -0.1) is 0 Å². The van der Waals surface area contributed by atoms with E-state index in [4.69, 9.17) is 13.9 Å². The lowest BCUT2D eigenvalue weighted by Gasteiger charge is -2.06. The highest BCUT2D eigenvalue weighted by Crippen LogP contribution is 2.29. The maximum absolute atomic E-state index is 12.4. The van der Waals surface area contributed by atoms with Gasteiger partial charge in [0.2, 0.25) is 5.12 Å². The van der Waals surface area contributed by atoms with Crippen molar-refractivity contribution in [2.75, 3.05) is 14.2 Å². The molecule has 0 fully saturated rings. The number of ether oxygens (including phenoxy) is 2. The standard InChI is InChI=1S/C16H13NO4S/c1-19-11-7-10(8-12(9-11)20-2)15(18)22-16-17-13-5-3-4-6-14(13)21-16/h3-9H,1-2H3. The van der Waals surface area contributed by atoms with Gasteiger partial charge in [0, 0.05) is 23.4 Å². The van der Waals surface area contributed by atoms with Gasteiger partial charge in [-0.25, -0.2) is 4.98 Å². The van der Waals surface area contributed by atoms with Crippen LogP contribution in [0.3, 0.4) is 0 Å². The fraction of sp³-hybridized carbons (Fsp3) is 0.125. The molecule has 0 unspecified atom stereocenters. The number of thioether (sulfide) groups is 1. The van der Waals surface area contributed by atoms with Crippen molar-refractivity contribution in [1.29, 1.82) is 0 Å². The Morgan fingerprint density at radius 2 is 1.77 bits per heavy atom. The molecule has 1 aromatic heterocycles. The fourth-order valence-electron chi connectivity index (χ4n) is 1.96. The summed E-state index contributed by atoms with van der Waals surface area (Å²) in [6.07, 6.45) is 0. The molecular weight excluding hydrogens is 302 g/mol. The molecule has 0 radical (unpaired) electrons. The molecule has 112 valence electrons. The number of oxazole rings is 1. The van der Waals surface area contributed by atoms with Crippen molar-refractivity contribution in [3.05, 3.63) is 48.0 Å². The summed E-state index contributed by atoms with van der Waals surface area (Å²) in [6.45, 7) is 0. The number of methoxy groups -OCH3 is 2. The third-order valence-corrected chi connectivity index (χ3v) is 3.81. The van der Waals surface area contributed by atoms with Gasteiger partial charge in [-0.2, -0.15) is 0 Å². The fourth-order valence-corrected chi connectivity index (χ4v) is 2.63. The highest BCUT2D eigenvalue weighted by Gasteiger charge is 2.15. The van der Waals surface area contributed by atoms with Crippen LogP contribution in [-0.2, 0) is 0 Å². The van der Waals surface area contributed by atoms with Gasteiger partial charge in [0.05, 0.1) is 14.2 Å². The van der Waals surface area contributed by atoms with Gasteiger partial charge >= 0.3 is 0 Å². The summed E-state index contributed by atoms with van der Waals surface area (Å²) in [6, 6.07) is 12.4. The number of fused-ring (bicyclic) bond motifs is 1. The molecule has 0 aliphatic carbocycles. The Labute approximate surface area is 131 Å². The van der Waals surface area contributed by atoms with Crippen molar-refractivity contribution >= 4 is 28.0 Å². The van der Waals surface area contributed by atoms with Crippen LogP contribution in [0.15, 0.2) is 52.1 Å². The maximum atomic E-state index is 12.4. The summed E-state index contributed by atoms with van der Waals surface area (Å²) >= 11 is 0.933. The SMILES string of the molecule is COc1cc(OC)cc(C(=O)Sc2nc3ccccc3o2)c1. The molecule has 6 heteroatoms. The van der Waals surface area contributed by atoms with Crippen molar-refractivity contribution in [1.82, 2.24) is 4.98 Å². The molecular formula is C16H13NO4S. The Kier molecular flexibility index (Phi) is 4.02. The topological polar surface area (TPSA) is 61.6 Å². The Hall–Kier alpha value is -2.47. The first-order valence-electron chi connectivity index (χ1n) is 6.50. The van der Waals surface area contributed by atoms with Gasteiger partial charge in [0.1, 0.15) is 17.0 Å². The lowest BCUT2D eigenvalue weighted by atomic mass is 10.2. The second-order valence-corrected chi connectivity index (χ2v) is 5.36. The third kappa shape index (κ3) is 2.92. The molecule has 3 rings (SSSR count).